The molecule has 4 rings (SSSR count). The van der Waals surface area contributed by atoms with Gasteiger partial charge in [0.2, 0.25) is 5.89 Å². The average Bonchev–Trinajstić information content (AvgIpc) is 3.33. The third kappa shape index (κ3) is 4.47. The molecule has 0 bridgehead atoms. The summed E-state index contributed by atoms with van der Waals surface area (Å²) in [6.07, 6.45) is 1.66. The van der Waals surface area contributed by atoms with E-state index in [1.165, 1.54) is 10.4 Å². The highest BCUT2D eigenvalue weighted by molar-refractivity contribution is 7.09. The number of benzene rings is 2. The zero-order valence-corrected chi connectivity index (χ0v) is 16.0. The lowest BCUT2D eigenvalue weighted by atomic mass is 10.1. The van der Waals surface area contributed by atoms with Crippen LogP contribution >= 0.6 is 11.3 Å². The highest BCUT2D eigenvalue weighted by atomic mass is 32.1. The van der Waals surface area contributed by atoms with Crippen molar-refractivity contribution in [3.63, 3.8) is 0 Å². The molecule has 4 aromatic rings. The molecule has 0 spiro atoms. The Balaban J connectivity index is 1.37. The van der Waals surface area contributed by atoms with Crippen LogP contribution in [0.15, 0.2) is 76.5 Å². The van der Waals surface area contributed by atoms with Crippen LogP contribution in [0.25, 0.3) is 11.5 Å². The molecule has 0 atom stereocenters. The molecule has 0 fully saturated rings. The summed E-state index contributed by atoms with van der Waals surface area (Å²) in [6, 6.07) is 22.5. The first-order chi connectivity index (χ1) is 13.3. The van der Waals surface area contributed by atoms with Crippen molar-refractivity contribution in [2.75, 3.05) is 6.61 Å². The van der Waals surface area contributed by atoms with Crippen molar-refractivity contribution < 1.29 is 9.15 Å². The van der Waals surface area contributed by atoms with Crippen LogP contribution in [0.2, 0.25) is 0 Å². The van der Waals surface area contributed by atoms with Crippen molar-refractivity contribution in [2.24, 2.45) is 0 Å². The quantitative estimate of drug-likeness (QED) is 0.402. The number of nitrogens with zero attached hydrogens (tertiary/aromatic N) is 1. The van der Waals surface area contributed by atoms with Crippen LogP contribution in [0.1, 0.15) is 21.9 Å². The van der Waals surface area contributed by atoms with Crippen LogP contribution < -0.4 is 4.74 Å². The summed E-state index contributed by atoms with van der Waals surface area (Å²) in [7, 11) is 0. The molecule has 0 amide bonds. The molecule has 27 heavy (non-hydrogen) atoms. The fourth-order valence-electron chi connectivity index (χ4n) is 2.99. The Bertz CT molecular complexity index is 990. The van der Waals surface area contributed by atoms with Crippen molar-refractivity contribution in [3.05, 3.63) is 94.0 Å². The third-order valence-electron chi connectivity index (χ3n) is 4.38. The SMILES string of the molecule is Cc1oc(-c2ccccc2)nc1CCOc1cccc(Cc2cccs2)c1. The summed E-state index contributed by atoms with van der Waals surface area (Å²) < 4.78 is 11.8. The predicted molar refractivity (Wildman–Crippen MR) is 109 cm³/mol. The predicted octanol–water partition coefficient (Wildman–Crippen LogP) is 5.92. The van der Waals surface area contributed by atoms with Crippen LogP contribution in [0.3, 0.4) is 0 Å². The van der Waals surface area contributed by atoms with E-state index in [1.807, 2.05) is 49.4 Å². The van der Waals surface area contributed by atoms with Crippen LogP contribution in [-0.2, 0) is 12.8 Å². The minimum Gasteiger partial charge on any atom is -0.493 e. The summed E-state index contributed by atoms with van der Waals surface area (Å²) in [5, 5.41) is 2.11. The number of rotatable bonds is 7. The van der Waals surface area contributed by atoms with Gasteiger partial charge in [-0.2, -0.15) is 0 Å². The van der Waals surface area contributed by atoms with Gasteiger partial charge in [-0.15, -0.1) is 11.3 Å². The molecule has 0 aliphatic rings. The molecule has 0 aliphatic heterocycles. The molecule has 3 nitrogen and oxygen atoms in total. The normalized spacial score (nSPS) is 10.9. The Hall–Kier alpha value is -2.85. The van der Waals surface area contributed by atoms with Gasteiger partial charge in [0, 0.05) is 23.3 Å². The molecular formula is C23H21NO2S. The Morgan fingerprint density at radius 3 is 2.70 bits per heavy atom. The average molecular weight is 375 g/mol. The van der Waals surface area contributed by atoms with Crippen LogP contribution in [0, 0.1) is 6.92 Å². The first kappa shape index (κ1) is 17.6. The second-order valence-electron chi connectivity index (χ2n) is 6.39. The maximum atomic E-state index is 5.96. The van der Waals surface area contributed by atoms with E-state index in [-0.39, 0.29) is 0 Å². The minimum atomic E-state index is 0.573. The van der Waals surface area contributed by atoms with Crippen molar-refractivity contribution in [1.82, 2.24) is 4.98 Å². The zero-order chi connectivity index (χ0) is 18.5. The molecule has 0 N–H and O–H groups in total. The summed E-state index contributed by atoms with van der Waals surface area (Å²) in [5.41, 5.74) is 3.21. The number of oxazole rings is 1. The molecular weight excluding hydrogens is 354 g/mol. The molecule has 136 valence electrons. The Morgan fingerprint density at radius 2 is 1.89 bits per heavy atom. The van der Waals surface area contributed by atoms with Crippen molar-refractivity contribution >= 4 is 11.3 Å². The van der Waals surface area contributed by atoms with Crippen LogP contribution in [0.5, 0.6) is 5.75 Å². The van der Waals surface area contributed by atoms with E-state index in [9.17, 15) is 0 Å². The lowest BCUT2D eigenvalue weighted by Gasteiger charge is -2.07. The number of aryl methyl sites for hydroxylation is 1. The van der Waals surface area contributed by atoms with Gasteiger partial charge in [-0.3, -0.25) is 0 Å². The van der Waals surface area contributed by atoms with Gasteiger partial charge < -0.3 is 9.15 Å². The number of hydrogen-bond acceptors (Lipinski definition) is 4. The number of thiophene rings is 1. The van der Waals surface area contributed by atoms with Crippen molar-refractivity contribution in [3.8, 4) is 17.2 Å². The van der Waals surface area contributed by atoms with E-state index in [2.05, 4.69) is 34.6 Å². The summed E-state index contributed by atoms with van der Waals surface area (Å²) in [4.78, 5) is 5.99. The van der Waals surface area contributed by atoms with Crippen LogP contribution in [0.4, 0.5) is 0 Å². The standard InChI is InChI=1S/C23H21NO2S/c1-17-22(24-23(26-17)19-8-3-2-4-9-19)12-13-25-20-10-5-7-18(15-20)16-21-11-6-14-27-21/h2-11,14-15H,12-13,16H2,1H3. The summed E-state index contributed by atoms with van der Waals surface area (Å²) >= 11 is 1.78. The molecule has 0 radical (unpaired) electrons. The van der Waals surface area contributed by atoms with E-state index in [0.29, 0.717) is 12.5 Å². The smallest absolute Gasteiger partial charge is 0.226 e. The Labute approximate surface area is 163 Å². The monoisotopic (exact) mass is 375 g/mol. The molecule has 0 saturated carbocycles. The van der Waals surface area contributed by atoms with Gasteiger partial charge in [0.15, 0.2) is 0 Å². The Morgan fingerprint density at radius 1 is 1.00 bits per heavy atom. The number of aromatic nitrogens is 1. The van der Waals surface area contributed by atoms with Crippen LogP contribution in [-0.4, -0.2) is 11.6 Å². The largest absolute Gasteiger partial charge is 0.493 e. The molecule has 2 heterocycles. The lowest BCUT2D eigenvalue weighted by Crippen LogP contribution is -2.03. The minimum absolute atomic E-state index is 0.573. The second kappa shape index (κ2) is 8.23. The maximum Gasteiger partial charge on any atom is 0.226 e. The third-order valence-corrected chi connectivity index (χ3v) is 5.25. The van der Waals surface area contributed by atoms with E-state index >= 15 is 0 Å². The summed E-state index contributed by atoms with van der Waals surface area (Å²) in [5.74, 6) is 2.42. The van der Waals surface area contributed by atoms with Gasteiger partial charge in [-0.1, -0.05) is 36.4 Å². The fraction of sp³-hybridized carbons (Fsp3) is 0.174. The molecule has 2 aromatic carbocycles. The first-order valence-corrected chi connectivity index (χ1v) is 9.92. The highest BCUT2D eigenvalue weighted by Crippen LogP contribution is 2.22. The van der Waals surface area contributed by atoms with Gasteiger partial charge in [-0.05, 0) is 48.2 Å². The van der Waals surface area contributed by atoms with E-state index < -0.39 is 0 Å². The van der Waals surface area contributed by atoms with Crippen molar-refractivity contribution in [1.29, 1.82) is 0 Å². The van der Waals surface area contributed by atoms with Gasteiger partial charge >= 0.3 is 0 Å². The Kier molecular flexibility index (Phi) is 5.35. The maximum absolute atomic E-state index is 5.96. The van der Waals surface area contributed by atoms with Gasteiger partial charge in [0.05, 0.1) is 12.3 Å². The summed E-state index contributed by atoms with van der Waals surface area (Å²) in [6.45, 7) is 2.53. The fourth-order valence-corrected chi connectivity index (χ4v) is 3.73. The molecule has 0 unspecified atom stereocenters. The number of ether oxygens (including phenoxy) is 1. The molecule has 4 heteroatoms. The second-order valence-corrected chi connectivity index (χ2v) is 7.42. The zero-order valence-electron chi connectivity index (χ0n) is 15.2. The van der Waals surface area contributed by atoms with Gasteiger partial charge in [-0.25, -0.2) is 4.98 Å². The molecule has 0 saturated heterocycles. The van der Waals surface area contributed by atoms with Crippen molar-refractivity contribution in [2.45, 2.75) is 19.8 Å². The topological polar surface area (TPSA) is 35.3 Å². The molecule has 0 aliphatic carbocycles. The van der Waals surface area contributed by atoms with E-state index in [4.69, 9.17) is 9.15 Å². The van der Waals surface area contributed by atoms with Gasteiger partial charge in [0.25, 0.3) is 0 Å². The van der Waals surface area contributed by atoms with Gasteiger partial charge in [0.1, 0.15) is 11.5 Å². The first-order valence-electron chi connectivity index (χ1n) is 9.04. The van der Waals surface area contributed by atoms with E-state index in [1.54, 1.807) is 11.3 Å². The number of hydrogen-bond donors (Lipinski definition) is 0. The lowest BCUT2D eigenvalue weighted by molar-refractivity contribution is 0.319. The molecule has 2 aromatic heterocycles. The van der Waals surface area contributed by atoms with E-state index in [0.717, 1.165) is 35.6 Å². The highest BCUT2D eigenvalue weighted by Gasteiger charge is 2.11.